The highest BCUT2D eigenvalue weighted by Crippen LogP contribution is 2.09. The maximum Gasteiger partial charge on any atom is 0.248 e. The fourth-order valence-corrected chi connectivity index (χ4v) is 2.14. The van der Waals surface area contributed by atoms with Gasteiger partial charge in [0.25, 0.3) is 0 Å². The Balaban J connectivity index is 0.00000289. The third-order valence-electron chi connectivity index (χ3n) is 3.30. The largest absolute Gasteiger partial charge is 0.372 e. The molecule has 1 amide bonds. The third kappa shape index (κ3) is 6.57. The normalized spacial score (nSPS) is 19.4. The Morgan fingerprint density at radius 3 is 2.89 bits per heavy atom. The topological polar surface area (TPSA) is 41.6 Å². The van der Waals surface area contributed by atoms with Crippen molar-refractivity contribution in [1.29, 1.82) is 0 Å². The van der Waals surface area contributed by atoms with Crippen LogP contribution in [0, 0.1) is 0 Å². The van der Waals surface area contributed by atoms with Gasteiger partial charge in [0.15, 0.2) is 0 Å². The maximum absolute atomic E-state index is 11.9. The van der Waals surface area contributed by atoms with Gasteiger partial charge in [-0.3, -0.25) is 4.79 Å². The molecule has 4 nitrogen and oxygen atoms in total. The van der Waals surface area contributed by atoms with E-state index in [1.165, 1.54) is 12.8 Å². The number of carbonyl (C=O) groups is 1. The minimum atomic E-state index is 0. The zero-order valence-corrected chi connectivity index (χ0v) is 12.4. The van der Waals surface area contributed by atoms with E-state index in [0.29, 0.717) is 12.6 Å². The van der Waals surface area contributed by atoms with Crippen molar-refractivity contribution in [3.05, 3.63) is 0 Å². The molecule has 1 aliphatic rings. The molecule has 1 saturated heterocycles. The predicted molar refractivity (Wildman–Crippen MR) is 76.3 cm³/mol. The molecule has 0 saturated carbocycles. The molecule has 1 rings (SSSR count). The SMILES string of the molecule is CCCCCOCC(=O)N1CCCC(NC)C1.Cl. The van der Waals surface area contributed by atoms with Gasteiger partial charge < -0.3 is 15.0 Å². The molecular formula is C13H27ClN2O2. The van der Waals surface area contributed by atoms with Crippen LogP contribution in [0.15, 0.2) is 0 Å². The van der Waals surface area contributed by atoms with Crippen LogP contribution in [0.1, 0.15) is 39.0 Å². The smallest absolute Gasteiger partial charge is 0.248 e. The molecule has 1 fully saturated rings. The van der Waals surface area contributed by atoms with Gasteiger partial charge in [0.05, 0.1) is 0 Å². The number of hydrogen-bond acceptors (Lipinski definition) is 3. The average molecular weight is 279 g/mol. The standard InChI is InChI=1S/C13H26N2O2.ClH/c1-3-4-5-9-17-11-13(16)15-8-6-7-12(10-15)14-2;/h12,14H,3-11H2,1-2H3;1H. The average Bonchev–Trinajstić information content (AvgIpc) is 2.38. The van der Waals surface area contributed by atoms with Crippen molar-refractivity contribution < 1.29 is 9.53 Å². The summed E-state index contributed by atoms with van der Waals surface area (Å²) < 4.78 is 5.41. The number of hydrogen-bond donors (Lipinski definition) is 1. The van der Waals surface area contributed by atoms with Crippen molar-refractivity contribution >= 4 is 18.3 Å². The highest BCUT2D eigenvalue weighted by molar-refractivity contribution is 5.85. The molecule has 0 aromatic heterocycles. The molecule has 1 atom stereocenters. The molecule has 5 heteroatoms. The molecule has 1 aliphatic heterocycles. The molecular weight excluding hydrogens is 252 g/mol. The molecule has 0 radical (unpaired) electrons. The maximum atomic E-state index is 11.9. The number of rotatable bonds is 7. The second-order valence-corrected chi connectivity index (χ2v) is 4.73. The van der Waals surface area contributed by atoms with E-state index in [9.17, 15) is 4.79 Å². The number of halogens is 1. The van der Waals surface area contributed by atoms with Gasteiger partial charge >= 0.3 is 0 Å². The number of likely N-dealkylation sites (N-methyl/N-ethyl adjacent to an activating group) is 1. The van der Waals surface area contributed by atoms with Crippen LogP contribution in [0.4, 0.5) is 0 Å². The predicted octanol–water partition coefficient (Wildman–Crippen LogP) is 1.83. The van der Waals surface area contributed by atoms with Crippen molar-refractivity contribution in [2.45, 2.75) is 45.1 Å². The molecule has 0 aromatic carbocycles. The molecule has 1 N–H and O–H groups in total. The summed E-state index contributed by atoms with van der Waals surface area (Å²) in [6.45, 7) is 4.84. The minimum absolute atomic E-state index is 0. The highest BCUT2D eigenvalue weighted by atomic mass is 35.5. The number of carbonyl (C=O) groups excluding carboxylic acids is 1. The quantitative estimate of drug-likeness (QED) is 0.723. The zero-order chi connectivity index (χ0) is 12.5. The Labute approximate surface area is 117 Å². The molecule has 0 spiro atoms. The number of nitrogens with one attached hydrogen (secondary N) is 1. The van der Waals surface area contributed by atoms with E-state index in [2.05, 4.69) is 12.2 Å². The van der Waals surface area contributed by atoms with Gasteiger partial charge in [-0.15, -0.1) is 12.4 Å². The monoisotopic (exact) mass is 278 g/mol. The Kier molecular flexibility index (Phi) is 10.4. The van der Waals surface area contributed by atoms with Crippen LogP contribution in [0.5, 0.6) is 0 Å². The molecule has 0 aliphatic carbocycles. The first kappa shape index (κ1) is 17.7. The number of ether oxygens (including phenoxy) is 1. The van der Waals surface area contributed by atoms with E-state index in [1.807, 2.05) is 11.9 Å². The van der Waals surface area contributed by atoms with Gasteiger partial charge in [-0.25, -0.2) is 0 Å². The van der Waals surface area contributed by atoms with Crippen LogP contribution < -0.4 is 5.32 Å². The van der Waals surface area contributed by atoms with E-state index in [1.54, 1.807) is 0 Å². The lowest BCUT2D eigenvalue weighted by molar-refractivity contribution is -0.137. The number of nitrogens with zero attached hydrogens (tertiary/aromatic N) is 1. The summed E-state index contributed by atoms with van der Waals surface area (Å²) in [7, 11) is 1.96. The van der Waals surface area contributed by atoms with Crippen molar-refractivity contribution in [2.75, 3.05) is 33.4 Å². The Morgan fingerprint density at radius 2 is 2.22 bits per heavy atom. The second-order valence-electron chi connectivity index (χ2n) is 4.73. The number of likely N-dealkylation sites (tertiary alicyclic amines) is 1. The fraction of sp³-hybridized carbons (Fsp3) is 0.923. The van der Waals surface area contributed by atoms with Crippen molar-refractivity contribution in [3.8, 4) is 0 Å². The van der Waals surface area contributed by atoms with Gasteiger partial charge in [-0.1, -0.05) is 19.8 Å². The summed E-state index contributed by atoms with van der Waals surface area (Å²) in [5.74, 6) is 0.140. The van der Waals surface area contributed by atoms with Crippen LogP contribution in [0.2, 0.25) is 0 Å². The van der Waals surface area contributed by atoms with Gasteiger partial charge in [0, 0.05) is 25.7 Å². The van der Waals surface area contributed by atoms with Crippen LogP contribution in [0.3, 0.4) is 0 Å². The Morgan fingerprint density at radius 1 is 1.44 bits per heavy atom. The summed E-state index contributed by atoms with van der Waals surface area (Å²) in [6, 6.07) is 0.452. The minimum Gasteiger partial charge on any atom is -0.372 e. The van der Waals surface area contributed by atoms with E-state index >= 15 is 0 Å². The highest BCUT2D eigenvalue weighted by Gasteiger charge is 2.22. The summed E-state index contributed by atoms with van der Waals surface area (Å²) >= 11 is 0. The summed E-state index contributed by atoms with van der Waals surface area (Å²) in [6.07, 6.45) is 5.68. The zero-order valence-electron chi connectivity index (χ0n) is 11.6. The van der Waals surface area contributed by atoms with Crippen molar-refractivity contribution in [3.63, 3.8) is 0 Å². The first-order valence-corrected chi connectivity index (χ1v) is 6.80. The molecule has 1 unspecified atom stereocenters. The lowest BCUT2D eigenvalue weighted by Gasteiger charge is -2.32. The number of piperidine rings is 1. The lowest BCUT2D eigenvalue weighted by atomic mass is 10.1. The van der Waals surface area contributed by atoms with E-state index in [0.717, 1.165) is 32.4 Å². The summed E-state index contributed by atoms with van der Waals surface area (Å²) in [5.41, 5.74) is 0. The van der Waals surface area contributed by atoms with E-state index in [4.69, 9.17) is 4.74 Å². The number of amides is 1. The van der Waals surface area contributed by atoms with E-state index in [-0.39, 0.29) is 24.9 Å². The Bertz CT molecular complexity index is 227. The van der Waals surface area contributed by atoms with Gasteiger partial charge in [-0.05, 0) is 26.3 Å². The lowest BCUT2D eigenvalue weighted by Crippen LogP contribution is -2.48. The fourth-order valence-electron chi connectivity index (χ4n) is 2.14. The number of unbranched alkanes of at least 4 members (excludes halogenated alkanes) is 2. The van der Waals surface area contributed by atoms with Crippen LogP contribution in [0.25, 0.3) is 0 Å². The van der Waals surface area contributed by atoms with Crippen molar-refractivity contribution in [2.24, 2.45) is 0 Å². The molecule has 108 valence electrons. The van der Waals surface area contributed by atoms with Crippen LogP contribution >= 0.6 is 12.4 Å². The first-order chi connectivity index (χ1) is 8.27. The summed E-state index contributed by atoms with van der Waals surface area (Å²) in [5, 5.41) is 3.24. The molecule has 0 bridgehead atoms. The van der Waals surface area contributed by atoms with Gasteiger partial charge in [-0.2, -0.15) is 0 Å². The third-order valence-corrected chi connectivity index (χ3v) is 3.30. The first-order valence-electron chi connectivity index (χ1n) is 6.80. The van der Waals surface area contributed by atoms with Gasteiger partial charge in [0.2, 0.25) is 5.91 Å². The summed E-state index contributed by atoms with van der Waals surface area (Å²) in [4.78, 5) is 13.8. The molecule has 0 aromatic rings. The van der Waals surface area contributed by atoms with Crippen LogP contribution in [-0.4, -0.2) is 50.2 Å². The molecule has 18 heavy (non-hydrogen) atoms. The molecule has 1 heterocycles. The van der Waals surface area contributed by atoms with E-state index < -0.39 is 0 Å². The van der Waals surface area contributed by atoms with Crippen molar-refractivity contribution in [1.82, 2.24) is 10.2 Å². The Hall–Kier alpha value is -0.320. The van der Waals surface area contributed by atoms with Gasteiger partial charge in [0.1, 0.15) is 6.61 Å². The van der Waals surface area contributed by atoms with Crippen LogP contribution in [-0.2, 0) is 9.53 Å². The second kappa shape index (κ2) is 10.6.